The summed E-state index contributed by atoms with van der Waals surface area (Å²) in [7, 11) is 0. The van der Waals surface area contributed by atoms with Crippen molar-refractivity contribution in [1.82, 2.24) is 9.80 Å². The molecule has 1 heterocycles. The molecule has 0 atom stereocenters. The van der Waals surface area contributed by atoms with Crippen LogP contribution in [0.15, 0.2) is 0 Å². The zero-order valence-corrected chi connectivity index (χ0v) is 8.95. The summed E-state index contributed by atoms with van der Waals surface area (Å²) in [5, 5.41) is 0. The second-order valence-electron chi connectivity index (χ2n) is 3.60. The van der Waals surface area contributed by atoms with Crippen LogP contribution >= 0.6 is 0 Å². The van der Waals surface area contributed by atoms with Gasteiger partial charge in [0.2, 0.25) is 5.91 Å². The van der Waals surface area contributed by atoms with Crippen molar-refractivity contribution in [2.24, 2.45) is 0 Å². The maximum absolute atomic E-state index is 11.6. The summed E-state index contributed by atoms with van der Waals surface area (Å²) in [4.78, 5) is 26.1. The number of carbonyl (C=O) groups excluding carboxylic acids is 2. The van der Waals surface area contributed by atoms with Crippen LogP contribution in [-0.2, 0) is 4.79 Å². The van der Waals surface area contributed by atoms with Crippen LogP contribution in [0.5, 0.6) is 0 Å². The monoisotopic (exact) mass is 198 g/mol. The van der Waals surface area contributed by atoms with Gasteiger partial charge in [0.1, 0.15) is 6.54 Å². The third-order valence-corrected chi connectivity index (χ3v) is 2.36. The van der Waals surface area contributed by atoms with Crippen molar-refractivity contribution in [3.8, 4) is 0 Å². The molecule has 0 unspecified atom stereocenters. The van der Waals surface area contributed by atoms with Gasteiger partial charge in [-0.1, -0.05) is 20.3 Å². The number of unbranched alkanes of at least 4 members (excludes halogenated alkanes) is 1. The van der Waals surface area contributed by atoms with Gasteiger partial charge in [0, 0.05) is 13.1 Å². The average molecular weight is 198 g/mol. The molecule has 4 heteroatoms. The summed E-state index contributed by atoms with van der Waals surface area (Å²) >= 11 is 0. The summed E-state index contributed by atoms with van der Waals surface area (Å²) in [6.07, 6.45) is 2.81. The number of rotatable bonds is 5. The van der Waals surface area contributed by atoms with Gasteiger partial charge in [-0.2, -0.15) is 0 Å². The number of hydrogen-bond acceptors (Lipinski definition) is 2. The van der Waals surface area contributed by atoms with E-state index in [-0.39, 0.29) is 18.5 Å². The quantitative estimate of drug-likeness (QED) is 0.627. The molecule has 1 aliphatic heterocycles. The van der Waals surface area contributed by atoms with Crippen LogP contribution in [-0.4, -0.2) is 41.4 Å². The molecule has 0 aliphatic carbocycles. The Bertz CT molecular complexity index is 228. The van der Waals surface area contributed by atoms with Crippen LogP contribution in [0.25, 0.3) is 0 Å². The van der Waals surface area contributed by atoms with Crippen molar-refractivity contribution in [2.75, 3.05) is 19.6 Å². The van der Waals surface area contributed by atoms with Crippen molar-refractivity contribution in [1.29, 1.82) is 0 Å². The van der Waals surface area contributed by atoms with Crippen molar-refractivity contribution < 1.29 is 9.59 Å². The first kappa shape index (κ1) is 11.0. The first-order valence-electron chi connectivity index (χ1n) is 5.30. The number of hydrogen-bond donors (Lipinski definition) is 0. The lowest BCUT2D eigenvalue weighted by Gasteiger charge is -2.15. The number of nitrogens with zero attached hydrogens (tertiary/aromatic N) is 2. The smallest absolute Gasteiger partial charge is 0.315 e. The molecule has 0 aromatic rings. The van der Waals surface area contributed by atoms with Crippen molar-refractivity contribution in [2.45, 2.75) is 33.1 Å². The molecule has 0 spiro atoms. The van der Waals surface area contributed by atoms with Gasteiger partial charge in [0.15, 0.2) is 0 Å². The number of amides is 3. The zero-order valence-electron chi connectivity index (χ0n) is 8.95. The predicted molar refractivity (Wildman–Crippen MR) is 53.9 cm³/mol. The highest BCUT2D eigenvalue weighted by atomic mass is 16.2. The Morgan fingerprint density at radius 2 is 1.86 bits per heavy atom. The molecule has 0 aromatic heterocycles. The zero-order chi connectivity index (χ0) is 10.6. The summed E-state index contributed by atoms with van der Waals surface area (Å²) in [5.41, 5.74) is 0. The van der Waals surface area contributed by atoms with E-state index >= 15 is 0 Å². The van der Waals surface area contributed by atoms with E-state index in [2.05, 4.69) is 6.92 Å². The molecule has 1 saturated heterocycles. The normalized spacial score (nSPS) is 17.0. The van der Waals surface area contributed by atoms with Crippen LogP contribution in [0.3, 0.4) is 0 Å². The Labute approximate surface area is 84.9 Å². The lowest BCUT2D eigenvalue weighted by Crippen LogP contribution is -2.34. The third kappa shape index (κ3) is 2.25. The third-order valence-electron chi connectivity index (χ3n) is 2.36. The Balaban J connectivity index is 2.52. The van der Waals surface area contributed by atoms with Gasteiger partial charge >= 0.3 is 6.03 Å². The molecular formula is C10H18N2O2. The summed E-state index contributed by atoms with van der Waals surface area (Å²) in [5.74, 6) is -0.0445. The summed E-state index contributed by atoms with van der Waals surface area (Å²) in [6, 6.07) is -0.106. The van der Waals surface area contributed by atoms with Gasteiger partial charge < -0.3 is 4.90 Å². The van der Waals surface area contributed by atoms with Crippen molar-refractivity contribution >= 4 is 11.9 Å². The molecule has 14 heavy (non-hydrogen) atoms. The maximum atomic E-state index is 11.6. The minimum Gasteiger partial charge on any atom is -0.315 e. The molecule has 3 amide bonds. The van der Waals surface area contributed by atoms with E-state index in [1.54, 1.807) is 4.90 Å². The second-order valence-corrected chi connectivity index (χ2v) is 3.60. The van der Waals surface area contributed by atoms with E-state index in [1.807, 2.05) is 6.92 Å². The first-order chi connectivity index (χ1) is 6.70. The standard InChI is InChI=1S/C10H18N2O2/c1-3-5-7-12-9(13)8-11(6-4-2)10(12)14/h3-8H2,1-2H3. The van der Waals surface area contributed by atoms with Gasteiger partial charge in [-0.25, -0.2) is 4.79 Å². The Morgan fingerprint density at radius 3 is 2.43 bits per heavy atom. The molecular weight excluding hydrogens is 180 g/mol. The Hall–Kier alpha value is -1.06. The molecule has 0 saturated carbocycles. The van der Waals surface area contributed by atoms with E-state index in [0.717, 1.165) is 19.3 Å². The van der Waals surface area contributed by atoms with Gasteiger partial charge in [-0.15, -0.1) is 0 Å². The molecule has 1 aliphatic rings. The molecule has 0 bridgehead atoms. The molecule has 80 valence electrons. The van der Waals surface area contributed by atoms with Crippen LogP contribution in [0.1, 0.15) is 33.1 Å². The Morgan fingerprint density at radius 1 is 1.14 bits per heavy atom. The van der Waals surface area contributed by atoms with E-state index in [0.29, 0.717) is 13.1 Å². The maximum Gasteiger partial charge on any atom is 0.327 e. The van der Waals surface area contributed by atoms with Crippen LogP contribution in [0, 0.1) is 0 Å². The minimum atomic E-state index is -0.106. The Kier molecular flexibility index (Phi) is 3.92. The fourth-order valence-corrected chi connectivity index (χ4v) is 1.57. The van der Waals surface area contributed by atoms with E-state index < -0.39 is 0 Å². The van der Waals surface area contributed by atoms with Crippen LogP contribution in [0.4, 0.5) is 4.79 Å². The average Bonchev–Trinajstić information content (AvgIpc) is 2.41. The van der Waals surface area contributed by atoms with Gasteiger partial charge in [0.25, 0.3) is 0 Å². The molecule has 0 N–H and O–H groups in total. The van der Waals surface area contributed by atoms with E-state index in [1.165, 1.54) is 4.90 Å². The highest BCUT2D eigenvalue weighted by Crippen LogP contribution is 2.11. The molecule has 0 aromatic carbocycles. The fraction of sp³-hybridized carbons (Fsp3) is 0.800. The van der Waals surface area contributed by atoms with Gasteiger partial charge in [-0.05, 0) is 12.8 Å². The highest BCUT2D eigenvalue weighted by molar-refractivity contribution is 6.01. The molecule has 1 fully saturated rings. The van der Waals surface area contributed by atoms with E-state index in [9.17, 15) is 9.59 Å². The predicted octanol–water partition coefficient (Wildman–Crippen LogP) is 1.46. The van der Waals surface area contributed by atoms with Gasteiger partial charge in [0.05, 0.1) is 0 Å². The second kappa shape index (κ2) is 4.98. The highest BCUT2D eigenvalue weighted by Gasteiger charge is 2.34. The van der Waals surface area contributed by atoms with E-state index in [4.69, 9.17) is 0 Å². The number of urea groups is 1. The van der Waals surface area contributed by atoms with Crippen LogP contribution in [0.2, 0.25) is 0 Å². The number of carbonyl (C=O) groups is 2. The SMILES string of the molecule is CCCCN1C(=O)CN(CCC)C1=O. The van der Waals surface area contributed by atoms with Gasteiger partial charge in [-0.3, -0.25) is 9.69 Å². The lowest BCUT2D eigenvalue weighted by molar-refractivity contribution is -0.125. The summed E-state index contributed by atoms with van der Waals surface area (Å²) < 4.78 is 0. The molecule has 0 radical (unpaired) electrons. The topological polar surface area (TPSA) is 40.6 Å². The van der Waals surface area contributed by atoms with Crippen LogP contribution < -0.4 is 0 Å². The number of imide groups is 1. The first-order valence-corrected chi connectivity index (χ1v) is 5.30. The molecule has 1 rings (SSSR count). The fourth-order valence-electron chi connectivity index (χ4n) is 1.57. The molecule has 4 nitrogen and oxygen atoms in total. The minimum absolute atomic E-state index is 0.0445. The lowest BCUT2D eigenvalue weighted by atomic mass is 10.3. The van der Waals surface area contributed by atoms with Crippen molar-refractivity contribution in [3.05, 3.63) is 0 Å². The summed E-state index contributed by atoms with van der Waals surface area (Å²) in [6.45, 7) is 5.60. The van der Waals surface area contributed by atoms with Crippen molar-refractivity contribution in [3.63, 3.8) is 0 Å². The largest absolute Gasteiger partial charge is 0.327 e.